The molecule has 63 heavy (non-hydrogen) atoms. The summed E-state index contributed by atoms with van der Waals surface area (Å²) in [5.74, 6) is 0. The molecule has 0 aliphatic heterocycles. The standard InChI is InChI=1S/C22H23N5O4S.C21H23ClN4O4S/c1-22(2,3)15-26(21(28)29)14-16-12-20(32(30,31)17-8-5-4-6-9-17)27(25-16)19-10-7-11-24-18(19)13-23;1-21(2,3)14-25(20(27)28)13-15-12-18(31(29,30)16-8-5-4-6-9-16)26(24-15)17-10-7-11-23-19(17)22/h4-12H,14-15H2,1-3H3,(H,28,29);4-12H,13-14H2,1-3H3,(H,27,28). The number of carboxylic acid groups (broad SMARTS) is 2. The van der Waals surface area contributed by atoms with Gasteiger partial charge in [-0.3, -0.25) is 0 Å². The molecule has 4 aromatic heterocycles. The van der Waals surface area contributed by atoms with E-state index < -0.39 is 31.9 Å². The van der Waals surface area contributed by atoms with Crippen molar-refractivity contribution in [2.45, 2.75) is 74.5 Å². The molecule has 2 aromatic carbocycles. The lowest BCUT2D eigenvalue weighted by atomic mass is 9.96. The lowest BCUT2D eigenvalue weighted by Crippen LogP contribution is -2.36. The number of nitriles is 1. The highest BCUT2D eigenvalue weighted by atomic mass is 35.5. The van der Waals surface area contributed by atoms with Crippen LogP contribution in [0.25, 0.3) is 11.4 Å². The Morgan fingerprint density at radius 2 is 1.05 bits per heavy atom. The zero-order chi connectivity index (χ0) is 46.3. The fourth-order valence-corrected chi connectivity index (χ4v) is 9.28. The molecule has 20 heteroatoms. The van der Waals surface area contributed by atoms with Crippen molar-refractivity contribution in [1.29, 1.82) is 5.26 Å². The fraction of sp³-hybridized carbons (Fsp3) is 0.279. The Morgan fingerprint density at radius 3 is 1.43 bits per heavy atom. The third kappa shape index (κ3) is 11.9. The van der Waals surface area contributed by atoms with Crippen LogP contribution in [-0.2, 0) is 32.8 Å². The first-order valence-electron chi connectivity index (χ1n) is 19.2. The number of amides is 2. The van der Waals surface area contributed by atoms with Crippen molar-refractivity contribution in [3.05, 3.63) is 132 Å². The van der Waals surface area contributed by atoms with Gasteiger partial charge in [-0.15, -0.1) is 0 Å². The first-order chi connectivity index (χ1) is 29.5. The van der Waals surface area contributed by atoms with E-state index in [4.69, 9.17) is 11.6 Å². The summed E-state index contributed by atoms with van der Waals surface area (Å²) in [5, 5.41) is 37.2. The maximum absolute atomic E-state index is 13.4. The zero-order valence-corrected chi connectivity index (χ0v) is 37.7. The number of halogens is 1. The van der Waals surface area contributed by atoms with Gasteiger partial charge in [0.1, 0.15) is 17.4 Å². The number of rotatable bonds is 12. The summed E-state index contributed by atoms with van der Waals surface area (Å²) in [7, 11) is -7.97. The zero-order valence-electron chi connectivity index (χ0n) is 35.3. The predicted molar refractivity (Wildman–Crippen MR) is 232 cm³/mol. The number of sulfone groups is 2. The van der Waals surface area contributed by atoms with Gasteiger partial charge in [0.25, 0.3) is 0 Å². The van der Waals surface area contributed by atoms with Gasteiger partial charge < -0.3 is 20.0 Å². The third-order valence-electron chi connectivity index (χ3n) is 8.78. The van der Waals surface area contributed by atoms with Gasteiger partial charge in [-0.05, 0) is 59.4 Å². The van der Waals surface area contributed by atoms with Crippen LogP contribution in [0.4, 0.5) is 9.59 Å². The lowest BCUT2D eigenvalue weighted by Gasteiger charge is -2.27. The molecule has 0 fully saturated rings. The Hall–Kier alpha value is -6.62. The lowest BCUT2D eigenvalue weighted by molar-refractivity contribution is 0.121. The molecule has 2 N–H and O–H groups in total. The smallest absolute Gasteiger partial charge is 0.407 e. The molecule has 0 spiro atoms. The van der Waals surface area contributed by atoms with Gasteiger partial charge >= 0.3 is 12.2 Å². The van der Waals surface area contributed by atoms with Gasteiger partial charge in [0, 0.05) is 37.6 Å². The maximum Gasteiger partial charge on any atom is 0.407 e. The highest BCUT2D eigenvalue weighted by Crippen LogP contribution is 2.29. The van der Waals surface area contributed by atoms with Crippen LogP contribution in [-0.4, -0.2) is 91.7 Å². The number of aromatic nitrogens is 6. The highest BCUT2D eigenvalue weighted by Gasteiger charge is 2.30. The van der Waals surface area contributed by atoms with Crippen molar-refractivity contribution in [2.24, 2.45) is 10.8 Å². The summed E-state index contributed by atoms with van der Waals surface area (Å²) in [4.78, 5) is 34.1. The molecule has 0 saturated heterocycles. The van der Waals surface area contributed by atoms with E-state index in [9.17, 15) is 41.9 Å². The number of nitrogens with zero attached hydrogens (tertiary/aromatic N) is 9. The minimum atomic E-state index is -4.02. The highest BCUT2D eigenvalue weighted by molar-refractivity contribution is 7.91. The molecular formula is C43H46ClN9O8S2. The Morgan fingerprint density at radius 1 is 0.651 bits per heavy atom. The van der Waals surface area contributed by atoms with Crippen LogP contribution in [0.1, 0.15) is 58.6 Å². The average molecular weight is 916 g/mol. The summed E-state index contributed by atoms with van der Waals surface area (Å²) in [5.41, 5.74) is 0.386. The third-order valence-corrected chi connectivity index (χ3v) is 12.5. The summed E-state index contributed by atoms with van der Waals surface area (Å²) in [6.45, 7) is 11.8. The minimum absolute atomic E-state index is 0.00329. The topological polar surface area (TPSA) is 235 Å². The van der Waals surface area contributed by atoms with Crippen molar-refractivity contribution >= 4 is 43.5 Å². The molecule has 0 aliphatic carbocycles. The molecule has 17 nitrogen and oxygen atoms in total. The first-order valence-corrected chi connectivity index (χ1v) is 22.6. The molecule has 0 aliphatic rings. The van der Waals surface area contributed by atoms with Crippen molar-refractivity contribution in [2.75, 3.05) is 13.1 Å². The summed E-state index contributed by atoms with van der Waals surface area (Å²) < 4.78 is 55.8. The summed E-state index contributed by atoms with van der Waals surface area (Å²) in [6.07, 6.45) is 0.655. The predicted octanol–water partition coefficient (Wildman–Crippen LogP) is 7.78. The molecule has 4 heterocycles. The van der Waals surface area contributed by atoms with E-state index >= 15 is 0 Å². The van der Waals surface area contributed by atoms with Crippen molar-refractivity contribution in [3.8, 4) is 17.4 Å². The largest absolute Gasteiger partial charge is 0.465 e. The normalized spacial score (nSPS) is 11.8. The van der Waals surface area contributed by atoms with Crippen LogP contribution in [0.15, 0.2) is 129 Å². The summed E-state index contributed by atoms with van der Waals surface area (Å²) in [6, 6.07) is 26.8. The number of hydrogen-bond donors (Lipinski definition) is 2. The monoisotopic (exact) mass is 915 g/mol. The van der Waals surface area contributed by atoms with Crippen LogP contribution in [0.3, 0.4) is 0 Å². The minimum Gasteiger partial charge on any atom is -0.465 e. The van der Waals surface area contributed by atoms with Gasteiger partial charge in [0.2, 0.25) is 19.7 Å². The molecule has 2 amide bonds. The van der Waals surface area contributed by atoms with E-state index in [2.05, 4.69) is 20.2 Å². The Balaban J connectivity index is 0.000000238. The Kier molecular flexibility index (Phi) is 14.4. The van der Waals surface area contributed by atoms with E-state index in [1.807, 2.05) is 47.6 Å². The SMILES string of the molecule is CC(C)(C)CN(Cc1cc(S(=O)(=O)c2ccccc2)n(-c2cccnc2C#N)n1)C(=O)O.CC(C)(C)CN(Cc1cc(S(=O)(=O)c2ccccc2)n(-c2cccnc2Cl)n1)C(=O)O. The summed E-state index contributed by atoms with van der Waals surface area (Å²) >= 11 is 6.21. The Bertz CT molecular complexity index is 2850. The van der Waals surface area contributed by atoms with Crippen LogP contribution in [0.2, 0.25) is 5.15 Å². The van der Waals surface area contributed by atoms with Crippen molar-refractivity contribution in [1.82, 2.24) is 39.3 Å². The molecule has 330 valence electrons. The van der Waals surface area contributed by atoms with Gasteiger partial charge in [0.15, 0.2) is 20.9 Å². The maximum atomic E-state index is 13.4. The van der Waals surface area contributed by atoms with Crippen LogP contribution in [0.5, 0.6) is 0 Å². The van der Waals surface area contributed by atoms with Crippen molar-refractivity contribution < 1.29 is 36.6 Å². The van der Waals surface area contributed by atoms with Gasteiger partial charge in [-0.2, -0.15) is 15.5 Å². The van der Waals surface area contributed by atoms with Crippen LogP contribution in [0, 0.1) is 22.2 Å². The quantitative estimate of drug-likeness (QED) is 0.112. The van der Waals surface area contributed by atoms with E-state index in [1.54, 1.807) is 54.6 Å². The molecule has 0 bridgehead atoms. The van der Waals surface area contributed by atoms with Crippen LogP contribution >= 0.6 is 11.6 Å². The van der Waals surface area contributed by atoms with Gasteiger partial charge in [0.05, 0.1) is 34.3 Å². The van der Waals surface area contributed by atoms with E-state index in [1.165, 1.54) is 69.3 Å². The molecule has 0 atom stereocenters. The second-order valence-electron chi connectivity index (χ2n) is 16.6. The van der Waals surface area contributed by atoms with E-state index in [0.29, 0.717) is 0 Å². The number of pyridine rings is 2. The van der Waals surface area contributed by atoms with E-state index in [0.717, 1.165) is 4.68 Å². The fourth-order valence-electron chi connectivity index (χ4n) is 6.25. The number of hydrogen-bond acceptors (Lipinski definition) is 11. The average Bonchev–Trinajstić information content (AvgIpc) is 3.86. The second-order valence-corrected chi connectivity index (χ2v) is 20.8. The Labute approximate surface area is 370 Å². The molecule has 0 unspecified atom stereocenters. The molecular weight excluding hydrogens is 870 g/mol. The van der Waals surface area contributed by atoms with E-state index in [-0.39, 0.29) is 90.5 Å². The van der Waals surface area contributed by atoms with Gasteiger partial charge in [-0.1, -0.05) is 89.5 Å². The number of benzene rings is 2. The first kappa shape index (κ1) is 47.4. The number of carbonyl (C=O) groups is 2. The second kappa shape index (κ2) is 19.2. The molecule has 6 rings (SSSR count). The molecule has 0 radical (unpaired) electrons. The van der Waals surface area contributed by atoms with Crippen molar-refractivity contribution in [3.63, 3.8) is 0 Å². The molecule has 6 aromatic rings. The molecule has 0 saturated carbocycles. The van der Waals surface area contributed by atoms with Gasteiger partial charge in [-0.25, -0.2) is 45.8 Å². The van der Waals surface area contributed by atoms with Crippen LogP contribution < -0.4 is 0 Å².